The molecule has 25 heavy (non-hydrogen) atoms. The summed E-state index contributed by atoms with van der Waals surface area (Å²) in [6.45, 7) is 2.51. The Morgan fingerprint density at radius 3 is 3.08 bits per heavy atom. The van der Waals surface area contributed by atoms with Gasteiger partial charge in [-0.1, -0.05) is 0 Å². The van der Waals surface area contributed by atoms with E-state index in [9.17, 15) is 5.26 Å². The molecule has 0 N–H and O–H groups in total. The van der Waals surface area contributed by atoms with Crippen LogP contribution in [0, 0.1) is 11.3 Å². The molecule has 126 valence electrons. The topological polar surface area (TPSA) is 70.6 Å². The van der Waals surface area contributed by atoms with Gasteiger partial charge in [0, 0.05) is 43.0 Å². The molecule has 4 heterocycles. The summed E-state index contributed by atoms with van der Waals surface area (Å²) >= 11 is 1.61. The highest BCUT2D eigenvalue weighted by atomic mass is 32.1. The fraction of sp³-hybridized carbons (Fsp3) is 0.333. The van der Waals surface area contributed by atoms with E-state index >= 15 is 0 Å². The van der Waals surface area contributed by atoms with Gasteiger partial charge in [0.05, 0.1) is 23.3 Å². The molecule has 1 saturated heterocycles. The second-order valence-electron chi connectivity index (χ2n) is 6.16. The summed E-state index contributed by atoms with van der Waals surface area (Å²) < 4.78 is 2.19. The Hall–Kier alpha value is -2.72. The zero-order valence-electron chi connectivity index (χ0n) is 13.7. The average Bonchev–Trinajstić information content (AvgIpc) is 3.34. The largest absolute Gasteiger partial charge is 0.355 e. The van der Waals surface area contributed by atoms with Crippen molar-refractivity contribution in [3.05, 3.63) is 58.7 Å². The van der Waals surface area contributed by atoms with Gasteiger partial charge in [0.2, 0.25) is 0 Å². The highest BCUT2D eigenvalue weighted by molar-refractivity contribution is 7.07. The molecule has 6 nitrogen and oxygen atoms in total. The Balaban J connectivity index is 1.56. The first-order chi connectivity index (χ1) is 12.3. The number of nitriles is 1. The van der Waals surface area contributed by atoms with E-state index < -0.39 is 0 Å². The van der Waals surface area contributed by atoms with Crippen LogP contribution >= 0.6 is 11.3 Å². The van der Waals surface area contributed by atoms with E-state index in [1.54, 1.807) is 17.5 Å². The van der Waals surface area contributed by atoms with E-state index in [0.29, 0.717) is 11.5 Å². The molecule has 1 atom stereocenters. The minimum atomic E-state index is 0.330. The molecule has 0 aliphatic carbocycles. The third-order valence-corrected chi connectivity index (χ3v) is 5.19. The first kappa shape index (κ1) is 15.8. The van der Waals surface area contributed by atoms with Gasteiger partial charge in [0.15, 0.2) is 0 Å². The molecular formula is C18H18N6S. The second kappa shape index (κ2) is 7.03. The fourth-order valence-corrected chi connectivity index (χ4v) is 3.97. The molecule has 1 aliphatic rings. The molecule has 7 heteroatoms. The molecule has 0 amide bonds. The normalized spacial score (nSPS) is 17.4. The Morgan fingerprint density at radius 1 is 1.28 bits per heavy atom. The smallest absolute Gasteiger partial charge is 0.146 e. The lowest BCUT2D eigenvalue weighted by atomic mass is 9.96. The van der Waals surface area contributed by atoms with Crippen molar-refractivity contribution in [1.82, 2.24) is 19.5 Å². The molecule has 0 bridgehead atoms. The minimum absolute atomic E-state index is 0.330. The van der Waals surface area contributed by atoms with Crippen molar-refractivity contribution in [2.75, 3.05) is 18.0 Å². The van der Waals surface area contributed by atoms with Crippen molar-refractivity contribution in [3.63, 3.8) is 0 Å². The molecule has 0 aromatic carbocycles. The Labute approximate surface area is 150 Å². The summed E-state index contributed by atoms with van der Waals surface area (Å²) in [6.07, 6.45) is 7.80. The van der Waals surface area contributed by atoms with Gasteiger partial charge in [0.25, 0.3) is 0 Å². The lowest BCUT2D eigenvalue weighted by Gasteiger charge is -2.33. The molecule has 0 radical (unpaired) electrons. The van der Waals surface area contributed by atoms with Gasteiger partial charge in [-0.25, -0.2) is 15.0 Å². The second-order valence-corrected chi connectivity index (χ2v) is 6.88. The van der Waals surface area contributed by atoms with Crippen LogP contribution in [0.4, 0.5) is 5.82 Å². The number of hydrogen-bond donors (Lipinski definition) is 0. The number of thiazole rings is 1. The number of hydrogen-bond acceptors (Lipinski definition) is 6. The first-order valence-corrected chi connectivity index (χ1v) is 9.27. The van der Waals surface area contributed by atoms with E-state index in [0.717, 1.165) is 49.8 Å². The maximum Gasteiger partial charge on any atom is 0.146 e. The van der Waals surface area contributed by atoms with Crippen molar-refractivity contribution in [1.29, 1.82) is 5.26 Å². The molecule has 0 spiro atoms. The standard InChI is InChI=1S/C18H18N6S/c19-9-14-3-1-5-20-17(14)23-7-2-4-15(10-23)18-21-6-8-24(18)11-16-12-25-13-22-16/h1,3,5-6,8,12-13,15H,2,4,7,10-11H2/t15-/m0/s1. The Bertz CT molecular complexity index is 879. The molecule has 0 unspecified atom stereocenters. The fourth-order valence-electron chi connectivity index (χ4n) is 3.42. The third kappa shape index (κ3) is 3.26. The number of pyridine rings is 1. The third-order valence-electron chi connectivity index (χ3n) is 4.56. The van der Waals surface area contributed by atoms with E-state index in [2.05, 4.69) is 35.9 Å². The molecule has 1 fully saturated rings. The van der Waals surface area contributed by atoms with Gasteiger partial charge in [-0.15, -0.1) is 11.3 Å². The lowest BCUT2D eigenvalue weighted by Crippen LogP contribution is -2.36. The summed E-state index contributed by atoms with van der Waals surface area (Å²) in [5, 5.41) is 11.4. The van der Waals surface area contributed by atoms with E-state index in [-0.39, 0.29) is 0 Å². The van der Waals surface area contributed by atoms with Crippen LogP contribution in [-0.4, -0.2) is 32.6 Å². The van der Waals surface area contributed by atoms with Crippen molar-refractivity contribution in [3.8, 4) is 6.07 Å². The molecule has 0 saturated carbocycles. The van der Waals surface area contributed by atoms with Crippen LogP contribution in [0.2, 0.25) is 0 Å². The highest BCUT2D eigenvalue weighted by Gasteiger charge is 2.26. The Morgan fingerprint density at radius 2 is 2.24 bits per heavy atom. The van der Waals surface area contributed by atoms with Gasteiger partial charge in [-0.05, 0) is 25.0 Å². The molecule has 4 rings (SSSR count). The number of nitrogens with zero attached hydrogens (tertiary/aromatic N) is 6. The van der Waals surface area contributed by atoms with Crippen LogP contribution in [0.3, 0.4) is 0 Å². The van der Waals surface area contributed by atoms with Gasteiger partial charge < -0.3 is 9.47 Å². The highest BCUT2D eigenvalue weighted by Crippen LogP contribution is 2.30. The molecule has 3 aromatic heterocycles. The summed E-state index contributed by atoms with van der Waals surface area (Å²) in [5.41, 5.74) is 3.56. The molecule has 1 aliphatic heterocycles. The summed E-state index contributed by atoms with van der Waals surface area (Å²) in [5.74, 6) is 2.20. The monoisotopic (exact) mass is 350 g/mol. The summed E-state index contributed by atoms with van der Waals surface area (Å²) in [7, 11) is 0. The van der Waals surface area contributed by atoms with Crippen LogP contribution in [0.25, 0.3) is 0 Å². The van der Waals surface area contributed by atoms with E-state index in [1.165, 1.54) is 0 Å². The molecular weight excluding hydrogens is 332 g/mol. The zero-order valence-corrected chi connectivity index (χ0v) is 14.6. The van der Waals surface area contributed by atoms with Crippen LogP contribution in [0.1, 0.15) is 35.8 Å². The van der Waals surface area contributed by atoms with Gasteiger partial charge in [-0.2, -0.15) is 5.26 Å². The van der Waals surface area contributed by atoms with Gasteiger partial charge in [0.1, 0.15) is 17.7 Å². The van der Waals surface area contributed by atoms with E-state index in [1.807, 2.05) is 30.0 Å². The predicted octanol–water partition coefficient (Wildman–Crippen LogP) is 3.04. The van der Waals surface area contributed by atoms with Crippen LogP contribution in [-0.2, 0) is 6.54 Å². The summed E-state index contributed by atoms with van der Waals surface area (Å²) in [6, 6.07) is 5.89. The van der Waals surface area contributed by atoms with E-state index in [4.69, 9.17) is 0 Å². The van der Waals surface area contributed by atoms with Gasteiger partial charge in [-0.3, -0.25) is 0 Å². The Kier molecular flexibility index (Phi) is 4.44. The quantitative estimate of drug-likeness (QED) is 0.723. The van der Waals surface area contributed by atoms with Crippen LogP contribution in [0.5, 0.6) is 0 Å². The first-order valence-electron chi connectivity index (χ1n) is 8.33. The average molecular weight is 350 g/mol. The minimum Gasteiger partial charge on any atom is -0.355 e. The predicted molar refractivity (Wildman–Crippen MR) is 96.6 cm³/mol. The van der Waals surface area contributed by atoms with Crippen LogP contribution < -0.4 is 4.90 Å². The zero-order chi connectivity index (χ0) is 17.1. The maximum atomic E-state index is 9.35. The lowest BCUT2D eigenvalue weighted by molar-refractivity contribution is 0.473. The maximum absolute atomic E-state index is 9.35. The van der Waals surface area contributed by atoms with Crippen molar-refractivity contribution < 1.29 is 0 Å². The number of piperidine rings is 1. The molecule has 3 aromatic rings. The van der Waals surface area contributed by atoms with Gasteiger partial charge >= 0.3 is 0 Å². The number of aromatic nitrogens is 4. The summed E-state index contributed by atoms with van der Waals surface area (Å²) in [4.78, 5) is 15.7. The van der Waals surface area contributed by atoms with Crippen molar-refractivity contribution in [2.24, 2.45) is 0 Å². The van der Waals surface area contributed by atoms with Crippen molar-refractivity contribution >= 4 is 17.2 Å². The number of imidazole rings is 1. The SMILES string of the molecule is N#Cc1cccnc1N1CCC[C@H](c2nccn2Cc2cscn2)C1. The van der Waals surface area contributed by atoms with Crippen molar-refractivity contribution in [2.45, 2.75) is 25.3 Å². The number of anilines is 1. The number of rotatable bonds is 4. The van der Waals surface area contributed by atoms with Crippen LogP contribution in [0.15, 0.2) is 41.6 Å².